The molecule has 15 nitrogen and oxygen atoms in total. The second kappa shape index (κ2) is 21.0. The van der Waals surface area contributed by atoms with Crippen molar-refractivity contribution < 1.29 is 52.5 Å². The SMILES string of the molecule is CCCCC(NC(=O)[C@H](CCCCNC(=O)OCc1ccccc1)NC(=O)OCc1ccccc1)P(=O)(O)O[C@@H](C)C(=O)N1CCC[C@H]1C(=O)O. The van der Waals surface area contributed by atoms with Crippen molar-refractivity contribution in [1.29, 1.82) is 0 Å². The lowest BCUT2D eigenvalue weighted by Crippen LogP contribution is -2.50. The Balaban J connectivity index is 1.63. The molecule has 1 saturated heterocycles. The fourth-order valence-corrected chi connectivity index (χ4v) is 6.95. The number of rotatable bonds is 20. The normalized spacial score (nSPS) is 16.9. The first-order valence-corrected chi connectivity index (χ1v) is 18.8. The zero-order valence-corrected chi connectivity index (χ0v) is 29.9. The Morgan fingerprint density at radius 1 is 0.882 bits per heavy atom. The highest BCUT2D eigenvalue weighted by atomic mass is 31.2. The summed E-state index contributed by atoms with van der Waals surface area (Å²) in [7, 11) is -4.72. The quantitative estimate of drug-likeness (QED) is 0.0933. The van der Waals surface area contributed by atoms with E-state index in [0.717, 1.165) is 16.0 Å². The van der Waals surface area contributed by atoms with Gasteiger partial charge in [-0.3, -0.25) is 18.7 Å². The fraction of sp³-hybridized carbons (Fsp3) is 0.514. The second-order valence-corrected chi connectivity index (χ2v) is 14.2. The minimum absolute atomic E-state index is 0.0264. The Morgan fingerprint density at radius 3 is 2.08 bits per heavy atom. The van der Waals surface area contributed by atoms with Gasteiger partial charge in [0, 0.05) is 13.1 Å². The molecule has 2 aromatic rings. The van der Waals surface area contributed by atoms with Crippen LogP contribution in [-0.2, 0) is 46.2 Å². The topological polar surface area (TPSA) is 210 Å². The molecule has 280 valence electrons. The van der Waals surface area contributed by atoms with E-state index in [-0.39, 0.29) is 45.6 Å². The van der Waals surface area contributed by atoms with Crippen LogP contribution >= 0.6 is 7.60 Å². The maximum atomic E-state index is 13.6. The molecule has 2 aromatic carbocycles. The van der Waals surface area contributed by atoms with Crippen molar-refractivity contribution in [3.05, 3.63) is 71.8 Å². The van der Waals surface area contributed by atoms with Crippen LogP contribution in [0.25, 0.3) is 0 Å². The summed E-state index contributed by atoms with van der Waals surface area (Å²) in [6, 6.07) is 15.9. The lowest BCUT2D eigenvalue weighted by molar-refractivity contribution is -0.151. The van der Waals surface area contributed by atoms with Gasteiger partial charge in [-0.05, 0) is 56.6 Å². The Kier molecular flexibility index (Phi) is 16.9. The zero-order chi connectivity index (χ0) is 37.2. The van der Waals surface area contributed by atoms with Gasteiger partial charge in [0.25, 0.3) is 5.91 Å². The molecule has 0 spiro atoms. The third kappa shape index (κ3) is 14.0. The molecule has 0 aromatic heterocycles. The number of likely N-dealkylation sites (tertiary alicyclic amines) is 1. The van der Waals surface area contributed by atoms with E-state index in [9.17, 15) is 38.5 Å². The average Bonchev–Trinajstić information content (AvgIpc) is 3.62. The Bertz CT molecular complexity index is 1480. The highest BCUT2D eigenvalue weighted by molar-refractivity contribution is 7.53. The van der Waals surface area contributed by atoms with E-state index in [2.05, 4.69) is 16.0 Å². The summed E-state index contributed by atoms with van der Waals surface area (Å²) in [6.07, 6.45) is -0.292. The zero-order valence-electron chi connectivity index (χ0n) is 29.0. The first-order chi connectivity index (χ1) is 24.4. The van der Waals surface area contributed by atoms with Crippen molar-refractivity contribution in [1.82, 2.24) is 20.9 Å². The van der Waals surface area contributed by atoms with E-state index in [4.69, 9.17) is 14.0 Å². The first-order valence-electron chi connectivity index (χ1n) is 17.2. The highest BCUT2D eigenvalue weighted by Crippen LogP contribution is 2.49. The van der Waals surface area contributed by atoms with Gasteiger partial charge in [0.05, 0.1) is 0 Å². The average molecular weight is 733 g/mol. The van der Waals surface area contributed by atoms with Crippen LogP contribution in [0.15, 0.2) is 60.7 Å². The van der Waals surface area contributed by atoms with Crippen molar-refractivity contribution in [2.45, 2.75) is 102 Å². The molecule has 1 fully saturated rings. The van der Waals surface area contributed by atoms with Crippen molar-refractivity contribution >= 4 is 37.6 Å². The molecule has 0 aliphatic carbocycles. The number of ether oxygens (including phenoxy) is 2. The molecule has 1 heterocycles. The van der Waals surface area contributed by atoms with E-state index >= 15 is 0 Å². The maximum Gasteiger partial charge on any atom is 0.408 e. The fourth-order valence-electron chi connectivity index (χ4n) is 5.46. The molecule has 5 N–H and O–H groups in total. The number of benzene rings is 2. The molecule has 0 saturated carbocycles. The molecule has 51 heavy (non-hydrogen) atoms. The minimum atomic E-state index is -4.72. The van der Waals surface area contributed by atoms with E-state index in [1.165, 1.54) is 6.92 Å². The predicted molar refractivity (Wildman–Crippen MR) is 186 cm³/mol. The van der Waals surface area contributed by atoms with E-state index in [0.29, 0.717) is 32.1 Å². The molecular weight excluding hydrogens is 683 g/mol. The molecule has 0 bridgehead atoms. The molecule has 1 aliphatic rings. The number of carbonyl (C=O) groups is 5. The van der Waals surface area contributed by atoms with E-state index in [1.54, 1.807) is 24.3 Å². The summed E-state index contributed by atoms with van der Waals surface area (Å²) in [5, 5.41) is 17.2. The maximum absolute atomic E-state index is 13.6. The van der Waals surface area contributed by atoms with Gasteiger partial charge in [-0.1, -0.05) is 80.4 Å². The number of nitrogens with one attached hydrogen (secondary N) is 3. The van der Waals surface area contributed by atoms with Gasteiger partial charge < -0.3 is 40.3 Å². The lowest BCUT2D eigenvalue weighted by atomic mass is 10.1. The van der Waals surface area contributed by atoms with Gasteiger partial charge >= 0.3 is 25.8 Å². The molecule has 16 heteroatoms. The number of alkyl carbamates (subject to hydrolysis) is 2. The third-order valence-electron chi connectivity index (χ3n) is 8.23. The number of hydrogen-bond donors (Lipinski definition) is 5. The van der Waals surface area contributed by atoms with Gasteiger partial charge in [-0.25, -0.2) is 14.4 Å². The van der Waals surface area contributed by atoms with Crippen molar-refractivity contribution in [2.24, 2.45) is 0 Å². The Labute approximate surface area is 297 Å². The van der Waals surface area contributed by atoms with Crippen LogP contribution < -0.4 is 16.0 Å². The molecule has 1 aliphatic heterocycles. The second-order valence-electron chi connectivity index (χ2n) is 12.2. The number of aliphatic carboxylic acids is 1. The summed E-state index contributed by atoms with van der Waals surface area (Å²) in [5.41, 5.74) is 1.56. The Hall–Kier alpha value is -4.46. The van der Waals surface area contributed by atoms with Crippen LogP contribution in [-0.4, -0.2) is 81.9 Å². The number of nitrogens with zero attached hydrogens (tertiary/aromatic N) is 1. The summed E-state index contributed by atoms with van der Waals surface area (Å²) in [4.78, 5) is 75.3. The molecule has 0 radical (unpaired) electrons. The molecule has 3 rings (SSSR count). The van der Waals surface area contributed by atoms with Gasteiger partial charge in [0.15, 0.2) is 0 Å². The molecular formula is C35H49N4O11P. The van der Waals surface area contributed by atoms with Crippen molar-refractivity contribution in [3.8, 4) is 0 Å². The van der Waals surface area contributed by atoms with E-state index in [1.807, 2.05) is 43.3 Å². The summed E-state index contributed by atoms with van der Waals surface area (Å²) >= 11 is 0. The van der Waals surface area contributed by atoms with Crippen LogP contribution in [0.3, 0.4) is 0 Å². The smallest absolute Gasteiger partial charge is 0.408 e. The number of hydrogen-bond acceptors (Lipinski definition) is 9. The number of unbranched alkanes of at least 4 members (excludes halogenated alkanes) is 2. The van der Waals surface area contributed by atoms with Crippen LogP contribution in [0.4, 0.5) is 9.59 Å². The predicted octanol–water partition coefficient (Wildman–Crippen LogP) is 4.68. The van der Waals surface area contributed by atoms with Crippen LogP contribution in [0, 0.1) is 0 Å². The Morgan fingerprint density at radius 2 is 1.49 bits per heavy atom. The lowest BCUT2D eigenvalue weighted by Gasteiger charge is -2.30. The number of carboxylic acids is 1. The molecule has 5 atom stereocenters. The standard InChI is InChI=1S/C35H49N4O11P/c1-3-4-20-30(51(46,47)50-25(2)32(41)39-22-13-19-29(39)33(42)43)38-31(40)28(37-35(45)49-24-27-16-9-6-10-17-27)18-11-12-21-36-34(44)48-23-26-14-7-5-8-15-26/h5-10,14-17,25,28-30H,3-4,11-13,18-24H2,1-2H3,(H,36,44)(H,37,45)(H,38,40)(H,42,43)(H,46,47)/t25-,28-,29-,30?/m0/s1. The largest absolute Gasteiger partial charge is 0.480 e. The van der Waals surface area contributed by atoms with Crippen LogP contribution in [0.5, 0.6) is 0 Å². The van der Waals surface area contributed by atoms with Crippen molar-refractivity contribution in [3.63, 3.8) is 0 Å². The molecule has 2 unspecified atom stereocenters. The highest BCUT2D eigenvalue weighted by Gasteiger charge is 2.41. The van der Waals surface area contributed by atoms with Gasteiger partial charge in [-0.15, -0.1) is 0 Å². The summed E-state index contributed by atoms with van der Waals surface area (Å²) in [5.74, 6) is -4.12. The summed E-state index contributed by atoms with van der Waals surface area (Å²) in [6.45, 7) is 3.57. The van der Waals surface area contributed by atoms with Gasteiger partial charge in [-0.2, -0.15) is 0 Å². The van der Waals surface area contributed by atoms with Gasteiger partial charge in [0.2, 0.25) is 5.91 Å². The number of carbonyl (C=O) groups excluding carboxylic acids is 4. The third-order valence-corrected chi connectivity index (χ3v) is 10.0. The minimum Gasteiger partial charge on any atom is -0.480 e. The van der Waals surface area contributed by atoms with Crippen molar-refractivity contribution in [2.75, 3.05) is 13.1 Å². The number of carboxylic acid groups (broad SMARTS) is 1. The van der Waals surface area contributed by atoms with Gasteiger partial charge in [0.1, 0.15) is 37.2 Å². The van der Waals surface area contributed by atoms with Crippen LogP contribution in [0.2, 0.25) is 0 Å². The molecule has 4 amide bonds. The number of amides is 4. The first kappa shape index (κ1) is 41.0. The monoisotopic (exact) mass is 732 g/mol. The van der Waals surface area contributed by atoms with Crippen LogP contribution in [0.1, 0.15) is 76.3 Å². The van der Waals surface area contributed by atoms with E-state index < -0.39 is 61.5 Å². The summed E-state index contributed by atoms with van der Waals surface area (Å²) < 4.78 is 29.5.